The minimum atomic E-state index is -3.90. The number of nitriles is 1. The quantitative estimate of drug-likeness (QED) is 0.478. The first-order valence-electron chi connectivity index (χ1n) is 10.8. The second-order valence-electron chi connectivity index (χ2n) is 7.63. The Hall–Kier alpha value is -3.23. The van der Waals surface area contributed by atoms with Gasteiger partial charge in [-0.2, -0.15) is 15.2 Å². The van der Waals surface area contributed by atoms with Gasteiger partial charge < -0.3 is 18.9 Å². The van der Waals surface area contributed by atoms with Gasteiger partial charge in [-0.3, -0.25) is 0 Å². The molecular formula is C22H26N6O4S. The number of ether oxygens (including phenoxy) is 2. The van der Waals surface area contributed by atoms with Crippen molar-refractivity contribution in [2.24, 2.45) is 0 Å². The SMILES string of the molecule is CCc1nc2c(N3CCOCC3)nc(S(=O)(=O)Cc3ccc(OC)c(C#N)c3)nc2n1CC. The number of hydrogen-bond donors (Lipinski definition) is 0. The number of sulfone groups is 1. The first-order valence-corrected chi connectivity index (χ1v) is 12.5. The van der Waals surface area contributed by atoms with Crippen LogP contribution in [0.3, 0.4) is 0 Å². The third-order valence-electron chi connectivity index (χ3n) is 5.60. The smallest absolute Gasteiger partial charge is 0.251 e. The molecule has 33 heavy (non-hydrogen) atoms. The lowest BCUT2D eigenvalue weighted by Crippen LogP contribution is -2.37. The molecule has 11 heteroatoms. The molecule has 0 spiro atoms. The highest BCUT2D eigenvalue weighted by Crippen LogP contribution is 2.28. The first kappa shape index (κ1) is 22.9. The lowest BCUT2D eigenvalue weighted by Gasteiger charge is -2.28. The average molecular weight is 471 g/mol. The number of benzene rings is 1. The van der Waals surface area contributed by atoms with Gasteiger partial charge in [-0.05, 0) is 24.6 Å². The van der Waals surface area contributed by atoms with E-state index in [0.717, 1.165) is 5.82 Å². The fourth-order valence-electron chi connectivity index (χ4n) is 3.97. The van der Waals surface area contributed by atoms with Crippen LogP contribution in [0.2, 0.25) is 0 Å². The molecule has 0 bridgehead atoms. The van der Waals surface area contributed by atoms with Crippen molar-refractivity contribution in [3.63, 3.8) is 0 Å². The van der Waals surface area contributed by atoms with Crippen molar-refractivity contribution in [2.45, 2.75) is 37.7 Å². The van der Waals surface area contributed by atoms with E-state index in [1.165, 1.54) is 13.2 Å². The molecule has 0 unspecified atom stereocenters. The number of aryl methyl sites for hydroxylation is 2. The zero-order valence-electron chi connectivity index (χ0n) is 18.9. The molecule has 0 amide bonds. The molecule has 4 rings (SSSR count). The van der Waals surface area contributed by atoms with Crippen LogP contribution < -0.4 is 9.64 Å². The van der Waals surface area contributed by atoms with Crippen molar-refractivity contribution >= 4 is 26.8 Å². The minimum Gasteiger partial charge on any atom is -0.495 e. The molecule has 0 saturated carbocycles. The van der Waals surface area contributed by atoms with Crippen LogP contribution in [-0.2, 0) is 33.3 Å². The van der Waals surface area contributed by atoms with Gasteiger partial charge in [-0.25, -0.2) is 13.4 Å². The lowest BCUT2D eigenvalue weighted by atomic mass is 10.1. The maximum absolute atomic E-state index is 13.4. The Morgan fingerprint density at radius 2 is 1.94 bits per heavy atom. The predicted molar refractivity (Wildman–Crippen MR) is 122 cm³/mol. The second kappa shape index (κ2) is 9.33. The van der Waals surface area contributed by atoms with Gasteiger partial charge in [0.15, 0.2) is 17.0 Å². The molecule has 0 radical (unpaired) electrons. The van der Waals surface area contributed by atoms with Gasteiger partial charge in [0.2, 0.25) is 9.84 Å². The highest BCUT2D eigenvalue weighted by molar-refractivity contribution is 7.90. The van der Waals surface area contributed by atoms with E-state index >= 15 is 0 Å². The van der Waals surface area contributed by atoms with E-state index in [9.17, 15) is 13.7 Å². The van der Waals surface area contributed by atoms with Gasteiger partial charge in [-0.1, -0.05) is 13.0 Å². The third-order valence-corrected chi connectivity index (χ3v) is 7.05. The number of nitrogens with zero attached hydrogens (tertiary/aromatic N) is 6. The summed E-state index contributed by atoms with van der Waals surface area (Å²) >= 11 is 0. The topological polar surface area (TPSA) is 123 Å². The number of hydrogen-bond acceptors (Lipinski definition) is 9. The summed E-state index contributed by atoms with van der Waals surface area (Å²) in [6.07, 6.45) is 0.692. The fourth-order valence-corrected chi connectivity index (χ4v) is 5.16. The van der Waals surface area contributed by atoms with Crippen molar-refractivity contribution < 1.29 is 17.9 Å². The molecule has 1 saturated heterocycles. The Labute approximate surface area is 192 Å². The van der Waals surface area contributed by atoms with E-state index < -0.39 is 9.84 Å². The number of fused-ring (bicyclic) bond motifs is 1. The Bertz CT molecular complexity index is 1320. The Morgan fingerprint density at radius 1 is 1.18 bits per heavy atom. The molecular weight excluding hydrogens is 444 g/mol. The van der Waals surface area contributed by atoms with Crippen LogP contribution in [0.4, 0.5) is 5.82 Å². The molecule has 1 aliphatic rings. The molecule has 2 aromatic heterocycles. The lowest BCUT2D eigenvalue weighted by molar-refractivity contribution is 0.122. The van der Waals surface area contributed by atoms with Crippen LogP contribution in [0, 0.1) is 11.3 Å². The van der Waals surface area contributed by atoms with Gasteiger partial charge in [0.1, 0.15) is 17.6 Å². The summed E-state index contributed by atoms with van der Waals surface area (Å²) < 4.78 is 39.3. The molecule has 1 aromatic carbocycles. The van der Waals surface area contributed by atoms with Crippen molar-refractivity contribution in [2.75, 3.05) is 38.3 Å². The maximum Gasteiger partial charge on any atom is 0.251 e. The van der Waals surface area contributed by atoms with E-state index in [2.05, 4.69) is 9.97 Å². The van der Waals surface area contributed by atoms with Crippen LogP contribution >= 0.6 is 0 Å². The number of methoxy groups -OCH3 is 1. The van der Waals surface area contributed by atoms with E-state index in [4.69, 9.17) is 14.5 Å². The number of rotatable bonds is 7. The van der Waals surface area contributed by atoms with Crippen LogP contribution in [0.1, 0.15) is 30.8 Å². The molecule has 1 fully saturated rings. The number of anilines is 1. The number of morpholine rings is 1. The Kier molecular flexibility index (Phi) is 6.49. The minimum absolute atomic E-state index is 0.247. The summed E-state index contributed by atoms with van der Waals surface area (Å²) in [5, 5.41) is 9.09. The molecule has 0 aliphatic carbocycles. The monoisotopic (exact) mass is 470 g/mol. The van der Waals surface area contributed by atoms with Gasteiger partial charge in [0.25, 0.3) is 5.16 Å². The number of imidazole rings is 1. The highest BCUT2D eigenvalue weighted by Gasteiger charge is 2.27. The van der Waals surface area contributed by atoms with Crippen molar-refractivity contribution in [1.82, 2.24) is 19.5 Å². The maximum atomic E-state index is 13.4. The summed E-state index contributed by atoms with van der Waals surface area (Å²) in [4.78, 5) is 15.7. The summed E-state index contributed by atoms with van der Waals surface area (Å²) in [7, 11) is -2.44. The predicted octanol–water partition coefficient (Wildman–Crippen LogP) is 2.10. The van der Waals surface area contributed by atoms with Crippen LogP contribution in [0.15, 0.2) is 23.4 Å². The molecule has 3 aromatic rings. The average Bonchev–Trinajstić information content (AvgIpc) is 3.21. The molecule has 0 atom stereocenters. The molecule has 174 valence electrons. The fraction of sp³-hybridized carbons (Fsp3) is 0.455. The van der Waals surface area contributed by atoms with E-state index in [0.29, 0.717) is 67.6 Å². The summed E-state index contributed by atoms with van der Waals surface area (Å²) in [5.74, 6) is 1.40. The van der Waals surface area contributed by atoms with Crippen LogP contribution in [0.5, 0.6) is 5.75 Å². The molecule has 0 N–H and O–H groups in total. The first-order chi connectivity index (χ1) is 15.9. The Balaban J connectivity index is 1.83. The van der Waals surface area contributed by atoms with Gasteiger partial charge in [-0.15, -0.1) is 0 Å². The highest BCUT2D eigenvalue weighted by atomic mass is 32.2. The zero-order chi connectivity index (χ0) is 23.6. The van der Waals surface area contributed by atoms with Crippen LogP contribution in [-0.4, -0.2) is 61.3 Å². The number of aromatic nitrogens is 4. The molecule has 10 nitrogen and oxygen atoms in total. The summed E-state index contributed by atoms with van der Waals surface area (Å²) in [6.45, 7) is 6.85. The molecule has 1 aliphatic heterocycles. The van der Waals surface area contributed by atoms with E-state index in [1.54, 1.807) is 12.1 Å². The molecule has 3 heterocycles. The van der Waals surface area contributed by atoms with E-state index in [-0.39, 0.29) is 16.5 Å². The van der Waals surface area contributed by atoms with Gasteiger partial charge in [0.05, 0.1) is 31.6 Å². The van der Waals surface area contributed by atoms with E-state index in [1.807, 2.05) is 29.4 Å². The summed E-state index contributed by atoms with van der Waals surface area (Å²) in [6, 6.07) is 6.77. The van der Waals surface area contributed by atoms with Crippen molar-refractivity contribution in [1.29, 1.82) is 5.26 Å². The normalized spacial score (nSPS) is 14.4. The zero-order valence-corrected chi connectivity index (χ0v) is 19.7. The van der Waals surface area contributed by atoms with Crippen LogP contribution in [0.25, 0.3) is 11.2 Å². The largest absolute Gasteiger partial charge is 0.495 e. The van der Waals surface area contributed by atoms with Gasteiger partial charge in [0, 0.05) is 26.1 Å². The Morgan fingerprint density at radius 3 is 2.58 bits per heavy atom. The third kappa shape index (κ3) is 4.36. The van der Waals surface area contributed by atoms with Crippen molar-refractivity contribution in [3.05, 3.63) is 35.2 Å². The second-order valence-corrected chi connectivity index (χ2v) is 9.52. The van der Waals surface area contributed by atoms with Gasteiger partial charge >= 0.3 is 0 Å². The van der Waals surface area contributed by atoms with Crippen molar-refractivity contribution in [3.8, 4) is 11.8 Å². The summed E-state index contributed by atoms with van der Waals surface area (Å²) in [5.41, 5.74) is 1.84. The standard InChI is InChI=1S/C22H26N6O4S/c1-4-18-24-19-20(27-8-10-32-11-9-27)25-22(26-21(19)28(18)5-2)33(29,30)14-15-6-7-17(31-3)16(12-15)13-23/h6-7,12H,4-5,8-11,14H2,1-3H3.